The highest BCUT2D eigenvalue weighted by Crippen LogP contribution is 2.38. The Labute approximate surface area is 83.3 Å². The maximum atomic E-state index is 12.3. The molecule has 1 aliphatic carbocycles. The number of alkyl halides is 3. The highest BCUT2D eigenvalue weighted by molar-refractivity contribution is 7.13. The van der Waals surface area contributed by atoms with Crippen molar-refractivity contribution in [2.45, 2.75) is 13.1 Å². The number of hydrogen-bond acceptors (Lipinski definition) is 1. The van der Waals surface area contributed by atoms with Crippen molar-refractivity contribution < 1.29 is 13.2 Å². The summed E-state index contributed by atoms with van der Waals surface area (Å²) in [5, 5.41) is 1.16. The molecule has 0 amide bonds. The lowest BCUT2D eigenvalue weighted by atomic mass is 10.2. The molecule has 0 saturated heterocycles. The Bertz CT molecular complexity index is 428. The van der Waals surface area contributed by atoms with Crippen LogP contribution in [0.5, 0.6) is 0 Å². The second kappa shape index (κ2) is 2.98. The molecular weight excluding hydrogens is 209 g/mol. The third-order valence-electron chi connectivity index (χ3n) is 2.08. The highest BCUT2D eigenvalue weighted by atomic mass is 32.1. The molecule has 0 bridgehead atoms. The molecule has 2 aliphatic rings. The first-order chi connectivity index (χ1) is 6.48. The van der Waals surface area contributed by atoms with Gasteiger partial charge in [-0.05, 0) is 24.1 Å². The standard InChI is InChI=1S/C10H7F3S/c1-6-2-3-7-4-8(10(11,12)13)5-14-9(6)7/h2-5H,1H3. The summed E-state index contributed by atoms with van der Waals surface area (Å²) in [6, 6.07) is 4.75. The van der Waals surface area contributed by atoms with Gasteiger partial charge in [0.2, 0.25) is 0 Å². The summed E-state index contributed by atoms with van der Waals surface area (Å²) >= 11 is 1.14. The average Bonchev–Trinajstić information content (AvgIpc) is 2.46. The smallest absolute Gasteiger partial charge is 0.166 e. The third kappa shape index (κ3) is 1.50. The van der Waals surface area contributed by atoms with Crippen molar-refractivity contribution >= 4 is 11.3 Å². The summed E-state index contributed by atoms with van der Waals surface area (Å²) in [5.74, 6) is 0. The van der Waals surface area contributed by atoms with E-state index in [-0.39, 0.29) is 0 Å². The van der Waals surface area contributed by atoms with E-state index in [1.54, 1.807) is 6.07 Å². The number of aryl methyl sites for hydroxylation is 1. The number of rotatable bonds is 0. The molecule has 0 aromatic heterocycles. The largest absolute Gasteiger partial charge is 0.417 e. The van der Waals surface area contributed by atoms with Crippen molar-refractivity contribution in [2.75, 3.05) is 0 Å². The van der Waals surface area contributed by atoms with E-state index in [9.17, 15) is 13.2 Å². The van der Waals surface area contributed by atoms with Gasteiger partial charge in [-0.25, -0.2) is 0 Å². The first kappa shape index (κ1) is 9.52. The molecule has 0 saturated carbocycles. The number of halogens is 3. The van der Waals surface area contributed by atoms with Crippen LogP contribution in [0.1, 0.15) is 11.1 Å². The van der Waals surface area contributed by atoms with Crippen LogP contribution in [0.4, 0.5) is 13.2 Å². The lowest BCUT2D eigenvalue weighted by Gasteiger charge is -2.08. The van der Waals surface area contributed by atoms with Gasteiger partial charge in [0.1, 0.15) is 0 Å². The molecular formula is C10H7F3S. The normalized spacial score (nSPS) is 12.3. The maximum Gasteiger partial charge on any atom is 0.417 e. The molecule has 0 unspecified atom stereocenters. The first-order valence-electron chi connectivity index (χ1n) is 4.03. The lowest BCUT2D eigenvalue weighted by Crippen LogP contribution is -2.03. The minimum absolute atomic E-state index is 0.569. The molecule has 0 nitrogen and oxygen atoms in total. The van der Waals surface area contributed by atoms with Crippen LogP contribution in [-0.4, -0.2) is 0 Å². The topological polar surface area (TPSA) is 0 Å². The molecule has 74 valence electrons. The van der Waals surface area contributed by atoms with Gasteiger partial charge in [0, 0.05) is 10.3 Å². The van der Waals surface area contributed by atoms with Crippen LogP contribution in [0.15, 0.2) is 23.6 Å². The molecule has 1 aliphatic heterocycles. The van der Waals surface area contributed by atoms with Crippen LogP contribution in [-0.2, 0) is 6.18 Å². The Kier molecular flexibility index (Phi) is 2.03. The summed E-state index contributed by atoms with van der Waals surface area (Å²) in [6.07, 6.45) is -4.24. The molecule has 0 fully saturated rings. The van der Waals surface area contributed by atoms with Crippen LogP contribution in [0.2, 0.25) is 0 Å². The van der Waals surface area contributed by atoms with E-state index in [0.717, 1.165) is 27.2 Å². The van der Waals surface area contributed by atoms with Gasteiger partial charge in [-0.3, -0.25) is 0 Å². The molecule has 2 rings (SSSR count). The average molecular weight is 216 g/mol. The fourth-order valence-electron chi connectivity index (χ4n) is 1.34. The Morgan fingerprint density at radius 3 is 2.57 bits per heavy atom. The number of fused-ring (bicyclic) bond motifs is 1. The molecule has 4 heteroatoms. The first-order valence-corrected chi connectivity index (χ1v) is 4.91. The van der Waals surface area contributed by atoms with Crippen LogP contribution in [0.25, 0.3) is 10.4 Å². The van der Waals surface area contributed by atoms with E-state index in [0.29, 0.717) is 5.56 Å². The Hall–Kier alpha value is -1.03. The predicted molar refractivity (Wildman–Crippen MR) is 50.7 cm³/mol. The molecule has 0 aromatic rings. The van der Waals surface area contributed by atoms with E-state index < -0.39 is 11.7 Å². The van der Waals surface area contributed by atoms with Crippen molar-refractivity contribution in [3.63, 3.8) is 0 Å². The quantitative estimate of drug-likeness (QED) is 0.619. The van der Waals surface area contributed by atoms with Crippen LogP contribution >= 0.6 is 11.3 Å². The van der Waals surface area contributed by atoms with Crippen molar-refractivity contribution in [2.24, 2.45) is 0 Å². The summed E-state index contributed by atoms with van der Waals surface area (Å²) in [6.45, 7) is 1.89. The molecule has 0 N–H and O–H groups in total. The highest BCUT2D eigenvalue weighted by Gasteiger charge is 2.31. The van der Waals surface area contributed by atoms with Crippen molar-refractivity contribution in [3.8, 4) is 10.4 Å². The fourth-order valence-corrected chi connectivity index (χ4v) is 2.30. The zero-order valence-electron chi connectivity index (χ0n) is 7.35. The molecule has 0 atom stereocenters. The molecule has 14 heavy (non-hydrogen) atoms. The van der Waals surface area contributed by atoms with Crippen LogP contribution in [0, 0.1) is 6.92 Å². The Morgan fingerprint density at radius 1 is 1.21 bits per heavy atom. The summed E-state index contributed by atoms with van der Waals surface area (Å²) in [5.41, 5.74) is 1.13. The monoisotopic (exact) mass is 216 g/mol. The second-order valence-corrected chi connectivity index (χ2v) is 4.01. The van der Waals surface area contributed by atoms with Crippen molar-refractivity contribution in [1.82, 2.24) is 0 Å². The van der Waals surface area contributed by atoms with Gasteiger partial charge in [-0.1, -0.05) is 12.1 Å². The Morgan fingerprint density at radius 2 is 1.93 bits per heavy atom. The second-order valence-electron chi connectivity index (χ2n) is 3.13. The van der Waals surface area contributed by atoms with Crippen LogP contribution in [0.3, 0.4) is 0 Å². The maximum absolute atomic E-state index is 12.3. The zero-order chi connectivity index (χ0) is 10.3. The van der Waals surface area contributed by atoms with E-state index in [2.05, 4.69) is 0 Å². The van der Waals surface area contributed by atoms with E-state index in [1.807, 2.05) is 13.0 Å². The van der Waals surface area contributed by atoms with E-state index >= 15 is 0 Å². The van der Waals surface area contributed by atoms with Crippen molar-refractivity contribution in [1.29, 1.82) is 0 Å². The van der Waals surface area contributed by atoms with Crippen molar-refractivity contribution in [3.05, 3.63) is 34.7 Å². The van der Waals surface area contributed by atoms with Gasteiger partial charge in [-0.15, -0.1) is 11.3 Å². The summed E-state index contributed by atoms with van der Waals surface area (Å²) in [7, 11) is 0. The fraction of sp³-hybridized carbons (Fsp3) is 0.200. The minimum Gasteiger partial charge on any atom is -0.166 e. The number of hydrogen-bond donors (Lipinski definition) is 0. The van der Waals surface area contributed by atoms with Gasteiger partial charge in [-0.2, -0.15) is 13.2 Å². The summed E-state index contributed by atoms with van der Waals surface area (Å²) < 4.78 is 37.0. The molecule has 1 heterocycles. The van der Waals surface area contributed by atoms with Gasteiger partial charge in [0.15, 0.2) is 0 Å². The van der Waals surface area contributed by atoms with E-state index in [4.69, 9.17) is 0 Å². The SMILES string of the molecule is Cc1ccc2cc(C(F)(F)F)csc1-2. The van der Waals surface area contributed by atoms with Crippen LogP contribution < -0.4 is 0 Å². The Balaban J connectivity index is 2.58. The van der Waals surface area contributed by atoms with Gasteiger partial charge in [0.05, 0.1) is 5.56 Å². The summed E-state index contributed by atoms with van der Waals surface area (Å²) in [4.78, 5) is 0.929. The van der Waals surface area contributed by atoms with Gasteiger partial charge < -0.3 is 0 Å². The lowest BCUT2D eigenvalue weighted by molar-refractivity contribution is -0.137. The molecule has 0 spiro atoms. The predicted octanol–water partition coefficient (Wildman–Crippen LogP) is 4.18. The third-order valence-corrected chi connectivity index (χ3v) is 3.24. The minimum atomic E-state index is -4.24. The molecule has 0 radical (unpaired) electrons. The van der Waals surface area contributed by atoms with E-state index in [1.165, 1.54) is 6.07 Å². The zero-order valence-corrected chi connectivity index (χ0v) is 8.17. The van der Waals surface area contributed by atoms with Gasteiger partial charge in [0.25, 0.3) is 0 Å². The molecule has 0 aromatic carbocycles. The van der Waals surface area contributed by atoms with Gasteiger partial charge >= 0.3 is 6.18 Å².